The summed E-state index contributed by atoms with van der Waals surface area (Å²) in [5.74, 6) is -9.92. The molecule has 0 fully saturated rings. The molecule has 0 unspecified atom stereocenters. The number of hydrogen-bond acceptors (Lipinski definition) is 14. The van der Waals surface area contributed by atoms with Gasteiger partial charge in [0.15, 0.2) is 17.5 Å². The molecule has 6 aromatic carbocycles. The van der Waals surface area contributed by atoms with E-state index in [4.69, 9.17) is 9.47 Å². The zero-order valence-electron chi connectivity index (χ0n) is 57.7. The van der Waals surface area contributed by atoms with Crippen molar-refractivity contribution in [1.29, 1.82) is 0 Å². The second-order valence-electron chi connectivity index (χ2n) is 24.2. The summed E-state index contributed by atoms with van der Waals surface area (Å²) in [6.07, 6.45) is 10.3. The Morgan fingerprint density at radius 2 is 0.764 bits per heavy atom. The molecular formula is C74H70F6N12O11S3. The van der Waals surface area contributed by atoms with Crippen molar-refractivity contribution in [3.8, 4) is 44.9 Å². The number of methoxy groups -OCH3 is 1. The van der Waals surface area contributed by atoms with Crippen LogP contribution >= 0.6 is 0 Å². The first-order chi connectivity index (χ1) is 50.5. The third-order valence-electron chi connectivity index (χ3n) is 15.8. The highest BCUT2D eigenvalue weighted by molar-refractivity contribution is 7.93. The van der Waals surface area contributed by atoms with Crippen LogP contribution in [0.4, 0.5) is 60.5 Å². The largest absolute Gasteiger partial charge is 0.497 e. The van der Waals surface area contributed by atoms with Gasteiger partial charge in [-0.25, -0.2) is 66.5 Å². The number of benzene rings is 6. The van der Waals surface area contributed by atoms with Gasteiger partial charge in [0, 0.05) is 51.4 Å². The van der Waals surface area contributed by atoms with Gasteiger partial charge < -0.3 is 40.4 Å². The average Bonchev–Trinajstić information content (AvgIpc) is 1.61. The number of pyridine rings is 3. The van der Waals surface area contributed by atoms with Crippen molar-refractivity contribution in [3.05, 3.63) is 222 Å². The maximum Gasteiger partial charge on any atom is 0.261 e. The average molecular weight is 1510 g/mol. The lowest BCUT2D eigenvalue weighted by molar-refractivity contribution is 0.101. The molecule has 3 amide bonds. The van der Waals surface area contributed by atoms with E-state index >= 15 is 4.39 Å². The summed E-state index contributed by atoms with van der Waals surface area (Å²) >= 11 is 0. The van der Waals surface area contributed by atoms with E-state index in [1.54, 1.807) is 64.7 Å². The fraction of sp³-hybridized carbons (Fsp3) is 0.189. The molecule has 0 aliphatic heterocycles. The van der Waals surface area contributed by atoms with Gasteiger partial charge in [-0.3, -0.25) is 28.5 Å². The second kappa shape index (κ2) is 32.9. The fourth-order valence-corrected chi connectivity index (χ4v) is 14.5. The Morgan fingerprint density at radius 3 is 1.08 bits per heavy atom. The summed E-state index contributed by atoms with van der Waals surface area (Å²) in [6.45, 7) is 10.8. The number of aromatic amines is 3. The summed E-state index contributed by atoms with van der Waals surface area (Å²) in [6, 6.07) is 32.9. The SMILES string of the molecule is CCCS(=O)(=O)Nc1ccc(F)c(C(=O)Nc2cnc3[nH]cc(-c4cccc(C)c4)c3c2)c1F.CCCS(=O)(=O)Nc1ccc(F)c(C(=O)Nc2cnc3[nH]cc(-c4cccc(OC(C)C)c4)c3c2)c1F.CCCS(=O)(=O)Nc1ccc(F)c(C(=O)Nc2cnc3[nH]cc(-c4cccc(OC)c4)c3c2)c1F. The summed E-state index contributed by atoms with van der Waals surface area (Å²) in [5.41, 5.74) is 4.18. The molecule has 0 radical (unpaired) electrons. The van der Waals surface area contributed by atoms with Crippen LogP contribution in [0.5, 0.6) is 11.5 Å². The number of anilines is 6. The molecule has 12 aromatic rings. The number of halogens is 6. The highest BCUT2D eigenvalue weighted by atomic mass is 32.2. The van der Waals surface area contributed by atoms with Crippen LogP contribution in [0, 0.1) is 41.8 Å². The smallest absolute Gasteiger partial charge is 0.261 e. The number of aromatic nitrogens is 6. The number of hydrogen-bond donors (Lipinski definition) is 9. The van der Waals surface area contributed by atoms with Gasteiger partial charge in [-0.05, 0) is 136 Å². The van der Waals surface area contributed by atoms with Gasteiger partial charge in [-0.15, -0.1) is 0 Å². The van der Waals surface area contributed by atoms with E-state index in [9.17, 15) is 61.6 Å². The molecule has 0 aliphatic rings. The van der Waals surface area contributed by atoms with Gasteiger partial charge in [0.25, 0.3) is 17.7 Å². The number of H-pyrrole nitrogens is 3. The number of carbonyl (C=O) groups excluding carboxylic acids is 3. The topological polar surface area (TPSA) is 330 Å². The fourth-order valence-electron chi connectivity index (χ4n) is 11.1. The van der Waals surface area contributed by atoms with E-state index in [1.165, 1.54) is 18.6 Å². The number of sulfonamides is 3. The van der Waals surface area contributed by atoms with Crippen molar-refractivity contribution in [2.24, 2.45) is 0 Å². The van der Waals surface area contributed by atoms with Crippen LogP contribution in [0.1, 0.15) is 90.5 Å². The van der Waals surface area contributed by atoms with Gasteiger partial charge in [0.2, 0.25) is 30.1 Å². The lowest BCUT2D eigenvalue weighted by Crippen LogP contribution is -2.20. The van der Waals surface area contributed by atoms with Crippen molar-refractivity contribution >= 4 is 115 Å². The summed E-state index contributed by atoms with van der Waals surface area (Å²) in [4.78, 5) is 60.4. The standard InChI is InChI=1S/C26H26F2N4O4S.C24H22F2N4O4S.C24H22F2N4O3S/c1-4-10-37(34,35)32-22-9-8-21(27)23(24(22)28)26(33)31-17-12-19-20(14-30-25(19)29-13-17)16-6-5-7-18(11-16)36-15(2)3;1-3-9-35(32,33)30-20-8-7-19(25)21(22(20)26)24(31)29-15-11-17-18(13-28-23(17)27-12-15)14-5-4-6-16(10-14)34-2;1-3-9-34(32,33)30-20-8-7-19(25)21(22(20)26)24(31)29-16-11-17-18(13-28-23(17)27-12-16)15-6-4-5-14(2)10-15/h5-9,11-15,32H,4,10H2,1-3H3,(H,29,30)(H,31,33);4-8,10-13,30H,3,9H2,1-2H3,(H,27,28)(H,29,31);4-8,10-13,30H,3,9H2,1-2H3,(H,27,28)(H,29,31). The predicted octanol–water partition coefficient (Wildman–Crippen LogP) is 15.8. The molecule has 0 saturated carbocycles. The van der Waals surface area contributed by atoms with E-state index in [-0.39, 0.29) is 40.4 Å². The Balaban J connectivity index is 0.000000170. The molecule has 552 valence electrons. The number of ether oxygens (including phenoxy) is 2. The third kappa shape index (κ3) is 18.4. The van der Waals surface area contributed by atoms with Crippen molar-refractivity contribution in [3.63, 3.8) is 0 Å². The molecule has 106 heavy (non-hydrogen) atoms. The van der Waals surface area contributed by atoms with Gasteiger partial charge in [-0.1, -0.05) is 74.9 Å². The molecule has 32 heteroatoms. The monoisotopic (exact) mass is 1510 g/mol. The van der Waals surface area contributed by atoms with Crippen LogP contribution in [-0.2, 0) is 30.1 Å². The van der Waals surface area contributed by atoms with Crippen molar-refractivity contribution in [2.75, 3.05) is 54.5 Å². The molecule has 0 spiro atoms. The number of aryl methyl sites for hydroxylation is 1. The molecule has 0 aliphatic carbocycles. The van der Waals surface area contributed by atoms with E-state index < -0.39 is 116 Å². The zero-order chi connectivity index (χ0) is 76.4. The number of carbonyl (C=O) groups is 3. The minimum Gasteiger partial charge on any atom is -0.497 e. The highest BCUT2D eigenvalue weighted by Gasteiger charge is 2.28. The maximum absolute atomic E-state index is 15.0. The third-order valence-corrected chi connectivity index (χ3v) is 20.2. The maximum atomic E-state index is 15.0. The summed E-state index contributed by atoms with van der Waals surface area (Å²) in [5, 5.41) is 9.40. The van der Waals surface area contributed by atoms with Crippen molar-refractivity contribution in [2.45, 2.75) is 66.9 Å². The van der Waals surface area contributed by atoms with Crippen LogP contribution < -0.4 is 39.6 Å². The van der Waals surface area contributed by atoms with E-state index in [1.807, 2.05) is 93.6 Å². The highest BCUT2D eigenvalue weighted by Crippen LogP contribution is 2.36. The second-order valence-corrected chi connectivity index (χ2v) is 29.8. The minimum atomic E-state index is -3.85. The molecule has 23 nitrogen and oxygen atoms in total. The van der Waals surface area contributed by atoms with E-state index in [0.29, 0.717) is 63.9 Å². The van der Waals surface area contributed by atoms with Gasteiger partial charge in [0.1, 0.15) is 62.6 Å². The van der Waals surface area contributed by atoms with Crippen LogP contribution in [0.3, 0.4) is 0 Å². The molecule has 0 atom stereocenters. The van der Waals surface area contributed by atoms with Crippen molar-refractivity contribution < 1.29 is 75.5 Å². The molecule has 12 rings (SSSR count). The first-order valence-corrected chi connectivity index (χ1v) is 37.7. The summed E-state index contributed by atoms with van der Waals surface area (Å²) in [7, 11) is -9.96. The Labute approximate surface area is 605 Å². The molecule has 9 N–H and O–H groups in total. The Hall–Kier alpha value is -11.8. The predicted molar refractivity (Wildman–Crippen MR) is 398 cm³/mol. The first kappa shape index (κ1) is 76.9. The van der Waals surface area contributed by atoms with Crippen molar-refractivity contribution in [1.82, 2.24) is 29.9 Å². The number of amides is 3. The summed E-state index contributed by atoms with van der Waals surface area (Å²) < 4.78 is 177. The first-order valence-electron chi connectivity index (χ1n) is 32.8. The molecule has 0 saturated heterocycles. The van der Waals surface area contributed by atoms with E-state index in [2.05, 4.69) is 60.0 Å². The van der Waals surface area contributed by atoms with Crippen LogP contribution in [0.2, 0.25) is 0 Å². The van der Waals surface area contributed by atoms with Crippen LogP contribution in [0.25, 0.3) is 66.5 Å². The molecular weight excluding hydrogens is 1440 g/mol. The number of rotatable bonds is 24. The Kier molecular flexibility index (Phi) is 23.9. The molecule has 6 heterocycles. The number of fused-ring (bicyclic) bond motifs is 3. The number of nitrogens with zero attached hydrogens (tertiary/aromatic N) is 3. The van der Waals surface area contributed by atoms with Gasteiger partial charge in [0.05, 0.1) is 83.2 Å². The lowest BCUT2D eigenvalue weighted by atomic mass is 10.0. The molecule has 0 bridgehead atoms. The minimum absolute atomic E-state index is 0.00273. The van der Waals surface area contributed by atoms with Crippen LogP contribution in [-0.4, -0.2) is 103 Å². The quantitative estimate of drug-likeness (QED) is 0.0254. The van der Waals surface area contributed by atoms with Crippen LogP contribution in [0.15, 0.2) is 165 Å². The Bertz CT molecular complexity index is 5680. The zero-order valence-corrected chi connectivity index (χ0v) is 60.2. The molecule has 6 aromatic heterocycles. The lowest BCUT2D eigenvalue weighted by Gasteiger charge is -2.12. The normalized spacial score (nSPS) is 11.5. The Morgan fingerprint density at radius 1 is 0.443 bits per heavy atom. The van der Waals surface area contributed by atoms with Gasteiger partial charge in [-0.2, -0.15) is 0 Å². The van der Waals surface area contributed by atoms with E-state index in [0.717, 1.165) is 75.3 Å². The van der Waals surface area contributed by atoms with Gasteiger partial charge >= 0.3 is 0 Å². The number of nitrogens with one attached hydrogen (secondary N) is 9.